The van der Waals surface area contributed by atoms with Crippen LogP contribution in [0.15, 0.2) is 59.7 Å². The lowest BCUT2D eigenvalue weighted by Crippen LogP contribution is -2.30. The number of amides is 1. The largest absolute Gasteiger partial charge is 0.467 e. The third-order valence-corrected chi connectivity index (χ3v) is 3.70. The summed E-state index contributed by atoms with van der Waals surface area (Å²) in [7, 11) is 0. The minimum atomic E-state index is -0.538. The number of hydrogen-bond acceptors (Lipinski definition) is 5. The van der Waals surface area contributed by atoms with Crippen LogP contribution < -0.4 is 0 Å². The Morgan fingerprint density at radius 3 is 2.88 bits per heavy atom. The molecular weight excluding hydrogens is 336 g/mol. The molecule has 0 bridgehead atoms. The van der Waals surface area contributed by atoms with Crippen LogP contribution in [0, 0.1) is 22.5 Å². The van der Waals surface area contributed by atoms with Crippen LogP contribution >= 0.6 is 0 Å². The van der Waals surface area contributed by atoms with Gasteiger partial charge < -0.3 is 13.9 Å². The fourth-order valence-corrected chi connectivity index (χ4v) is 2.51. The zero-order chi connectivity index (χ0) is 18.5. The van der Waals surface area contributed by atoms with Gasteiger partial charge in [-0.2, -0.15) is 0 Å². The molecule has 3 aromatic rings. The lowest BCUT2D eigenvalue weighted by atomic mass is 10.1. The zero-order valence-corrected chi connectivity index (χ0v) is 13.6. The molecular formula is C18H14N4O4. The zero-order valence-electron chi connectivity index (χ0n) is 13.6. The molecule has 0 atom stereocenters. The Bertz CT molecular complexity index is 956. The van der Waals surface area contributed by atoms with Gasteiger partial charge in [0.15, 0.2) is 0 Å². The second-order valence-electron chi connectivity index (χ2n) is 5.38. The molecule has 1 aromatic carbocycles. The Hall–Kier alpha value is -3.86. The van der Waals surface area contributed by atoms with Crippen molar-refractivity contribution < 1.29 is 14.1 Å². The first kappa shape index (κ1) is 17.0. The van der Waals surface area contributed by atoms with Crippen LogP contribution in [0.1, 0.15) is 16.1 Å². The van der Waals surface area contributed by atoms with Gasteiger partial charge in [-0.25, -0.2) is 4.98 Å². The highest BCUT2D eigenvalue weighted by Crippen LogP contribution is 2.25. The van der Waals surface area contributed by atoms with E-state index in [2.05, 4.69) is 10.9 Å². The summed E-state index contributed by atoms with van der Waals surface area (Å²) in [6, 6.07) is 7.70. The smallest absolute Gasteiger partial charge is 0.294 e. The molecule has 0 N–H and O–H groups in total. The van der Waals surface area contributed by atoms with Gasteiger partial charge in [0, 0.05) is 24.0 Å². The summed E-state index contributed by atoms with van der Waals surface area (Å²) in [4.78, 5) is 29.0. The van der Waals surface area contributed by atoms with Gasteiger partial charge in [-0.15, -0.1) is 6.42 Å². The molecule has 0 spiro atoms. The van der Waals surface area contributed by atoms with Crippen molar-refractivity contribution >= 4 is 11.6 Å². The fourth-order valence-electron chi connectivity index (χ4n) is 2.51. The standard InChI is InChI=1S/C18H14N4O4/c1-2-8-20(12-15-4-3-10-26-15)18(23)14-5-6-16(17(11-14)22(24)25)21-9-7-19-13-21/h1,3-7,9-11,13H,8,12H2. The quantitative estimate of drug-likeness (QED) is 0.387. The number of carbonyl (C=O) groups excluding carboxylic acids is 1. The van der Waals surface area contributed by atoms with Crippen LogP contribution in [0.5, 0.6) is 0 Å². The van der Waals surface area contributed by atoms with E-state index in [0.717, 1.165) is 0 Å². The predicted octanol–water partition coefficient (Wildman–Crippen LogP) is 2.65. The van der Waals surface area contributed by atoms with Gasteiger partial charge in [0.05, 0.1) is 30.6 Å². The molecule has 1 amide bonds. The van der Waals surface area contributed by atoms with Crippen LogP contribution in [0.25, 0.3) is 5.69 Å². The molecule has 0 aliphatic rings. The number of nitro benzene ring substituents is 1. The topological polar surface area (TPSA) is 94.4 Å². The van der Waals surface area contributed by atoms with E-state index >= 15 is 0 Å². The van der Waals surface area contributed by atoms with E-state index in [0.29, 0.717) is 11.4 Å². The lowest BCUT2D eigenvalue weighted by Gasteiger charge is -2.19. The number of nitro groups is 1. The summed E-state index contributed by atoms with van der Waals surface area (Å²) in [5.41, 5.74) is 0.286. The average Bonchev–Trinajstić information content (AvgIpc) is 3.34. The van der Waals surface area contributed by atoms with E-state index in [4.69, 9.17) is 10.8 Å². The normalized spacial score (nSPS) is 10.3. The number of carbonyl (C=O) groups is 1. The maximum atomic E-state index is 12.8. The highest BCUT2D eigenvalue weighted by atomic mass is 16.6. The van der Waals surface area contributed by atoms with Crippen molar-refractivity contribution in [3.63, 3.8) is 0 Å². The number of terminal acetylenes is 1. The maximum absolute atomic E-state index is 12.8. The van der Waals surface area contributed by atoms with Crippen molar-refractivity contribution in [3.05, 3.63) is 76.8 Å². The van der Waals surface area contributed by atoms with Crippen molar-refractivity contribution in [2.45, 2.75) is 6.54 Å². The number of hydrogen-bond donors (Lipinski definition) is 0. The van der Waals surface area contributed by atoms with Gasteiger partial charge in [0.1, 0.15) is 11.4 Å². The van der Waals surface area contributed by atoms with Gasteiger partial charge in [-0.3, -0.25) is 14.9 Å². The minimum absolute atomic E-state index is 0.0522. The first-order valence-electron chi connectivity index (χ1n) is 7.62. The summed E-state index contributed by atoms with van der Waals surface area (Å²) >= 11 is 0. The highest BCUT2D eigenvalue weighted by Gasteiger charge is 2.22. The molecule has 130 valence electrons. The minimum Gasteiger partial charge on any atom is -0.467 e. The van der Waals surface area contributed by atoms with E-state index in [1.165, 1.54) is 46.5 Å². The van der Waals surface area contributed by atoms with Gasteiger partial charge >= 0.3 is 0 Å². The molecule has 2 heterocycles. The van der Waals surface area contributed by atoms with E-state index in [1.807, 2.05) is 0 Å². The molecule has 0 saturated carbocycles. The average molecular weight is 350 g/mol. The Kier molecular flexibility index (Phi) is 4.80. The lowest BCUT2D eigenvalue weighted by molar-refractivity contribution is -0.384. The van der Waals surface area contributed by atoms with Crippen molar-refractivity contribution in [1.29, 1.82) is 0 Å². The number of imidazole rings is 1. The molecule has 26 heavy (non-hydrogen) atoms. The van der Waals surface area contributed by atoms with Crippen LogP contribution in [0.2, 0.25) is 0 Å². The van der Waals surface area contributed by atoms with Crippen LogP contribution in [-0.4, -0.2) is 31.8 Å². The number of aromatic nitrogens is 2. The van der Waals surface area contributed by atoms with Gasteiger partial charge in [-0.05, 0) is 24.3 Å². The summed E-state index contributed by atoms with van der Waals surface area (Å²) < 4.78 is 6.75. The van der Waals surface area contributed by atoms with Crippen molar-refractivity contribution in [2.75, 3.05) is 6.54 Å². The van der Waals surface area contributed by atoms with Crippen LogP contribution in [-0.2, 0) is 6.54 Å². The molecule has 0 radical (unpaired) electrons. The van der Waals surface area contributed by atoms with Crippen molar-refractivity contribution in [2.24, 2.45) is 0 Å². The molecule has 0 aliphatic heterocycles. The predicted molar refractivity (Wildman–Crippen MR) is 92.5 cm³/mol. The van der Waals surface area contributed by atoms with Gasteiger partial charge in [-0.1, -0.05) is 5.92 Å². The van der Waals surface area contributed by atoms with Gasteiger partial charge in [0.25, 0.3) is 11.6 Å². The molecule has 8 nitrogen and oxygen atoms in total. The summed E-state index contributed by atoms with van der Waals surface area (Å²) in [6.45, 7) is 0.226. The van der Waals surface area contributed by atoms with Crippen molar-refractivity contribution in [3.8, 4) is 18.0 Å². The van der Waals surface area contributed by atoms with Crippen molar-refractivity contribution in [1.82, 2.24) is 14.5 Å². The van der Waals surface area contributed by atoms with Gasteiger partial charge in [0.2, 0.25) is 0 Å². The SMILES string of the molecule is C#CCN(Cc1ccco1)C(=O)c1ccc(-n2ccnc2)c([N+](=O)[O-])c1. The molecule has 3 rings (SSSR count). The molecule has 0 fully saturated rings. The van der Waals surface area contributed by atoms with E-state index in [-0.39, 0.29) is 24.3 Å². The summed E-state index contributed by atoms with van der Waals surface area (Å²) in [5, 5.41) is 11.4. The highest BCUT2D eigenvalue weighted by molar-refractivity contribution is 5.95. The number of benzene rings is 1. The third kappa shape index (κ3) is 3.47. The molecule has 0 aliphatic carbocycles. The fraction of sp³-hybridized carbons (Fsp3) is 0.111. The van der Waals surface area contributed by atoms with E-state index in [1.54, 1.807) is 18.3 Å². The Balaban J connectivity index is 1.94. The molecule has 2 aromatic heterocycles. The maximum Gasteiger partial charge on any atom is 0.294 e. The molecule has 0 saturated heterocycles. The Labute approximate surface area is 148 Å². The van der Waals surface area contributed by atoms with E-state index < -0.39 is 10.8 Å². The summed E-state index contributed by atoms with van der Waals surface area (Å²) in [6.07, 6.45) is 11.4. The van der Waals surface area contributed by atoms with Crippen LogP contribution in [0.4, 0.5) is 5.69 Å². The summed E-state index contributed by atoms with van der Waals surface area (Å²) in [5.74, 6) is 2.57. The molecule has 8 heteroatoms. The van der Waals surface area contributed by atoms with E-state index in [9.17, 15) is 14.9 Å². The van der Waals surface area contributed by atoms with Crippen LogP contribution in [0.3, 0.4) is 0 Å². The number of furan rings is 1. The second kappa shape index (κ2) is 7.36. The third-order valence-electron chi connectivity index (χ3n) is 3.70. The number of rotatable bonds is 6. The Morgan fingerprint density at radius 2 is 2.27 bits per heavy atom. The first-order valence-corrected chi connectivity index (χ1v) is 7.62. The second-order valence-corrected chi connectivity index (χ2v) is 5.38. The first-order chi connectivity index (χ1) is 12.6. The monoisotopic (exact) mass is 350 g/mol. The number of nitrogens with zero attached hydrogens (tertiary/aromatic N) is 4. The Morgan fingerprint density at radius 1 is 1.42 bits per heavy atom. The molecule has 0 unspecified atom stereocenters.